The molecule has 2 rings (SSSR count). The van der Waals surface area contributed by atoms with Gasteiger partial charge in [0, 0.05) is 42.8 Å². The van der Waals surface area contributed by atoms with Crippen LogP contribution < -0.4 is 27.8 Å². The number of carbonyl (C=O) groups is 2. The SMILES string of the molecule is CCSSCO[C@@H]1C[C@H](n2cc(C#CCNC(=O)OCCCCOCSSC(C)(C)CCOC(=O)NCCOCCOCCN)c(N)nc2=O)OC1COP(=O)(O)OP(=O)(O)OP(=O)(O)O. The Morgan fingerprint density at radius 2 is 1.62 bits per heavy atom. The first-order valence-electron chi connectivity index (χ1n) is 19.9. The normalized spacial score (nSPS) is 18.2. The van der Waals surface area contributed by atoms with Gasteiger partial charge in [-0.15, -0.1) is 0 Å². The number of hydrogen-bond donors (Lipinski definition) is 8. The van der Waals surface area contributed by atoms with E-state index in [1.807, 2.05) is 20.8 Å². The Labute approximate surface area is 397 Å². The second-order valence-electron chi connectivity index (χ2n) is 13.6. The largest absolute Gasteiger partial charge is 0.490 e. The number of nitrogen functional groups attached to an aromatic ring is 1. The van der Waals surface area contributed by atoms with Crippen molar-refractivity contribution in [2.75, 3.05) is 95.9 Å². The average Bonchev–Trinajstić information content (AvgIpc) is 3.62. The number of phosphoric ester groups is 1. The second kappa shape index (κ2) is 32.3. The third-order valence-corrected chi connectivity index (χ3v) is 16.7. The fraction of sp³-hybridized carbons (Fsp3) is 0.758. The summed E-state index contributed by atoms with van der Waals surface area (Å²) < 4.78 is 86.5. The summed E-state index contributed by atoms with van der Waals surface area (Å²) in [5, 5.41) is 5.12. The van der Waals surface area contributed by atoms with Crippen LogP contribution in [0.25, 0.3) is 0 Å². The van der Waals surface area contributed by atoms with Crippen LogP contribution in [0.5, 0.6) is 0 Å². The first-order valence-corrected chi connectivity index (χ1v) is 29.2. The summed E-state index contributed by atoms with van der Waals surface area (Å²) in [6, 6.07) is 0. The molecule has 2 heterocycles. The smallest absolute Gasteiger partial charge is 0.450 e. The number of alkyl carbamates (subject to hydrolysis) is 2. The molecule has 0 spiro atoms. The van der Waals surface area contributed by atoms with Crippen molar-refractivity contribution in [1.29, 1.82) is 0 Å². The summed E-state index contributed by atoms with van der Waals surface area (Å²) in [5.41, 5.74) is 10.5. The predicted octanol–water partition coefficient (Wildman–Crippen LogP) is 3.30. The van der Waals surface area contributed by atoms with E-state index in [9.17, 15) is 37.9 Å². The molecule has 33 heteroatoms. The van der Waals surface area contributed by atoms with Crippen molar-refractivity contribution >= 4 is 84.6 Å². The number of aromatic nitrogens is 2. The molecule has 0 aromatic carbocycles. The van der Waals surface area contributed by atoms with E-state index >= 15 is 0 Å². The van der Waals surface area contributed by atoms with Crippen LogP contribution in [-0.4, -0.2) is 148 Å². The Balaban J connectivity index is 1.72. The number of amides is 2. The Morgan fingerprint density at radius 3 is 2.33 bits per heavy atom. The van der Waals surface area contributed by atoms with E-state index in [0.717, 1.165) is 10.3 Å². The van der Waals surface area contributed by atoms with E-state index in [0.29, 0.717) is 71.3 Å². The van der Waals surface area contributed by atoms with Crippen molar-refractivity contribution in [3.63, 3.8) is 0 Å². The Kier molecular flexibility index (Phi) is 29.6. The van der Waals surface area contributed by atoms with Gasteiger partial charge in [-0.2, -0.15) is 13.6 Å². The predicted molar refractivity (Wildman–Crippen MR) is 247 cm³/mol. The molecule has 1 aliphatic rings. The quantitative estimate of drug-likeness (QED) is 0.0161. The zero-order valence-corrected chi connectivity index (χ0v) is 42.3. The summed E-state index contributed by atoms with van der Waals surface area (Å²) in [5.74, 6) is 6.50. The zero-order valence-electron chi connectivity index (χ0n) is 36.4. The molecule has 5 atom stereocenters. The Morgan fingerprint density at radius 1 is 0.924 bits per heavy atom. The lowest BCUT2D eigenvalue weighted by molar-refractivity contribution is -0.0543. The highest BCUT2D eigenvalue weighted by atomic mass is 33.1. The molecule has 2 amide bonds. The summed E-state index contributed by atoms with van der Waals surface area (Å²) in [6.07, 6.45) is -1.34. The fourth-order valence-corrected chi connectivity index (χ4v) is 11.5. The molecule has 0 bridgehead atoms. The van der Waals surface area contributed by atoms with Gasteiger partial charge in [-0.1, -0.05) is 61.9 Å². The van der Waals surface area contributed by atoms with Gasteiger partial charge in [0.15, 0.2) is 0 Å². The lowest BCUT2D eigenvalue weighted by Gasteiger charge is -2.22. The standard InChI is InChI=1S/C33H59N6O20P3S4/c1-4-63-64-24-55-26-20-28(57-27(26)22-56-61(46,47)59-62(48,49)58-60(43,44)45)39-21-25(29(35)38-30(39)40)8-7-11-36-31(41)53-14-6-5-13-52-23-65-66-33(2,3)9-15-54-32(42)37-12-17-51-19-18-50-16-10-34/h21,26-28H,4-6,9-20,22-24,34H2,1-3H3,(H,36,41)(H,37,42)(H,46,47)(H,48,49)(H2,35,38,40)(H2,43,44,45)/t26-,27?,28-/m1/s1. The number of rotatable bonds is 34. The molecule has 380 valence electrons. The Bertz CT molecular complexity index is 1900. The molecule has 1 aromatic rings. The molecule has 0 aliphatic carbocycles. The summed E-state index contributed by atoms with van der Waals surface area (Å²) in [4.78, 5) is 77.6. The van der Waals surface area contributed by atoms with Crippen LogP contribution in [0.15, 0.2) is 11.0 Å². The number of ether oxygens (including phenoxy) is 7. The van der Waals surface area contributed by atoms with Crippen molar-refractivity contribution in [1.82, 2.24) is 20.2 Å². The first kappa shape index (κ1) is 60.5. The van der Waals surface area contributed by atoms with Crippen LogP contribution in [-0.2, 0) is 60.0 Å². The molecule has 0 saturated carbocycles. The number of nitrogens with two attached hydrogens (primary N) is 2. The number of phosphoric acid groups is 3. The van der Waals surface area contributed by atoms with Gasteiger partial charge in [0.25, 0.3) is 0 Å². The van der Waals surface area contributed by atoms with Crippen LogP contribution in [0.1, 0.15) is 58.2 Å². The number of carbonyl (C=O) groups excluding carboxylic acids is 2. The van der Waals surface area contributed by atoms with Crippen molar-refractivity contribution in [2.45, 2.75) is 69.6 Å². The minimum atomic E-state index is -5.76. The Hall–Kier alpha value is -1.65. The van der Waals surface area contributed by atoms with Gasteiger partial charge < -0.3 is 74.8 Å². The number of unbranched alkanes of at least 4 members (excludes halogenated alkanes) is 1. The molecule has 1 fully saturated rings. The molecular formula is C33H59N6O20P3S4. The third kappa shape index (κ3) is 28.1. The molecule has 1 aliphatic heterocycles. The van der Waals surface area contributed by atoms with E-state index in [4.69, 9.17) is 58.9 Å². The second-order valence-corrected chi connectivity index (χ2v) is 23.7. The third-order valence-electron chi connectivity index (χ3n) is 7.78. The van der Waals surface area contributed by atoms with E-state index in [1.54, 1.807) is 10.8 Å². The number of nitrogens with one attached hydrogen (secondary N) is 2. The minimum Gasteiger partial charge on any atom is -0.450 e. The van der Waals surface area contributed by atoms with Crippen molar-refractivity contribution in [3.05, 3.63) is 22.2 Å². The van der Waals surface area contributed by atoms with Gasteiger partial charge >= 0.3 is 41.3 Å². The van der Waals surface area contributed by atoms with Gasteiger partial charge in [0.05, 0.1) is 64.5 Å². The van der Waals surface area contributed by atoms with Gasteiger partial charge in [0.1, 0.15) is 30.0 Å². The molecule has 26 nitrogen and oxygen atoms in total. The van der Waals surface area contributed by atoms with Crippen LogP contribution in [0.4, 0.5) is 15.4 Å². The van der Waals surface area contributed by atoms with Crippen molar-refractivity contribution < 1.29 is 89.2 Å². The van der Waals surface area contributed by atoms with E-state index < -0.39 is 66.4 Å². The zero-order chi connectivity index (χ0) is 49.1. The van der Waals surface area contributed by atoms with Gasteiger partial charge in [0.2, 0.25) is 0 Å². The van der Waals surface area contributed by atoms with E-state index in [1.165, 1.54) is 38.6 Å². The maximum absolute atomic E-state index is 12.9. The number of hydrogen-bond acceptors (Lipinski definition) is 23. The highest BCUT2D eigenvalue weighted by Gasteiger charge is 2.43. The van der Waals surface area contributed by atoms with Crippen molar-refractivity contribution in [2.24, 2.45) is 5.73 Å². The lowest BCUT2D eigenvalue weighted by atomic mass is 10.1. The maximum Gasteiger partial charge on any atom is 0.490 e. The lowest BCUT2D eigenvalue weighted by Crippen LogP contribution is -2.29. The van der Waals surface area contributed by atoms with E-state index in [2.05, 4.69) is 36.1 Å². The number of anilines is 1. The average molecular weight is 1080 g/mol. The summed E-state index contributed by atoms with van der Waals surface area (Å²) >= 11 is 0. The first-order chi connectivity index (χ1) is 31.2. The highest BCUT2D eigenvalue weighted by Crippen LogP contribution is 2.66. The maximum atomic E-state index is 12.9. The molecule has 66 heavy (non-hydrogen) atoms. The van der Waals surface area contributed by atoms with Crippen LogP contribution in [0.3, 0.4) is 0 Å². The molecule has 1 saturated heterocycles. The topological polar surface area (TPSA) is 370 Å². The van der Waals surface area contributed by atoms with Crippen molar-refractivity contribution in [3.8, 4) is 11.8 Å². The molecular weight excluding hydrogens is 1020 g/mol. The fourth-order valence-electron chi connectivity index (χ4n) is 4.85. The van der Waals surface area contributed by atoms with Crippen LogP contribution >= 0.6 is 66.6 Å². The van der Waals surface area contributed by atoms with E-state index in [-0.39, 0.29) is 48.2 Å². The monoisotopic (exact) mass is 1080 g/mol. The summed E-state index contributed by atoms with van der Waals surface area (Å²) in [6.45, 7) is 8.33. The van der Waals surface area contributed by atoms with Gasteiger partial charge in [-0.25, -0.2) is 28.1 Å². The molecule has 1 aromatic heterocycles. The molecule has 0 radical (unpaired) electrons. The summed E-state index contributed by atoms with van der Waals surface area (Å²) in [7, 11) is -10.9. The number of nitrogens with zero attached hydrogens (tertiary/aromatic N) is 2. The van der Waals surface area contributed by atoms with Gasteiger partial charge in [-0.3, -0.25) is 9.09 Å². The molecule has 10 N–H and O–H groups in total. The molecule has 3 unspecified atom stereocenters. The minimum absolute atomic E-state index is 0.0252. The van der Waals surface area contributed by atoms with Crippen LogP contribution in [0.2, 0.25) is 0 Å². The van der Waals surface area contributed by atoms with Crippen LogP contribution in [0, 0.1) is 11.8 Å². The van der Waals surface area contributed by atoms with Gasteiger partial charge in [-0.05, 0) is 33.1 Å². The highest BCUT2D eigenvalue weighted by molar-refractivity contribution is 8.77.